The highest BCUT2D eigenvalue weighted by Gasteiger charge is 2.30. The molecule has 3 unspecified atom stereocenters. The standard InChI is InChI=1S/C13H26N2/c1-10-4-3-8-15(11(10)2)9-7-13(14)12-5-6-12/h10-13H,3-9,14H2,1-2H3. The van der Waals surface area contributed by atoms with Crippen LogP contribution in [0.2, 0.25) is 0 Å². The van der Waals surface area contributed by atoms with Crippen LogP contribution in [0.4, 0.5) is 0 Å². The Hall–Kier alpha value is -0.0800. The summed E-state index contributed by atoms with van der Waals surface area (Å²) in [5, 5.41) is 0. The van der Waals surface area contributed by atoms with Crippen molar-refractivity contribution in [1.82, 2.24) is 4.90 Å². The first-order valence-electron chi connectivity index (χ1n) is 6.68. The lowest BCUT2D eigenvalue weighted by Gasteiger charge is -2.38. The molecular weight excluding hydrogens is 184 g/mol. The van der Waals surface area contributed by atoms with E-state index >= 15 is 0 Å². The molecule has 88 valence electrons. The average Bonchev–Trinajstić information content (AvgIpc) is 3.03. The van der Waals surface area contributed by atoms with Gasteiger partial charge in [0.15, 0.2) is 0 Å². The van der Waals surface area contributed by atoms with E-state index in [-0.39, 0.29) is 0 Å². The van der Waals surface area contributed by atoms with E-state index < -0.39 is 0 Å². The second kappa shape index (κ2) is 4.84. The summed E-state index contributed by atoms with van der Waals surface area (Å²) in [5.41, 5.74) is 6.15. The molecule has 0 bridgehead atoms. The van der Waals surface area contributed by atoms with Gasteiger partial charge < -0.3 is 10.6 Å². The summed E-state index contributed by atoms with van der Waals surface area (Å²) in [4.78, 5) is 2.65. The molecule has 2 aliphatic rings. The summed E-state index contributed by atoms with van der Waals surface area (Å²) in [7, 11) is 0. The normalized spacial score (nSPS) is 35.4. The van der Waals surface area contributed by atoms with Gasteiger partial charge in [0, 0.05) is 12.1 Å². The first-order chi connectivity index (χ1) is 7.18. The fourth-order valence-electron chi connectivity index (χ4n) is 2.81. The Balaban J connectivity index is 1.72. The van der Waals surface area contributed by atoms with Crippen molar-refractivity contribution in [3.63, 3.8) is 0 Å². The zero-order valence-corrected chi connectivity index (χ0v) is 10.3. The molecule has 1 aliphatic carbocycles. The maximum atomic E-state index is 6.15. The van der Waals surface area contributed by atoms with Gasteiger partial charge in [-0.05, 0) is 64.0 Å². The van der Waals surface area contributed by atoms with Crippen molar-refractivity contribution >= 4 is 0 Å². The topological polar surface area (TPSA) is 29.3 Å². The second-order valence-corrected chi connectivity index (χ2v) is 5.69. The van der Waals surface area contributed by atoms with Crippen LogP contribution in [-0.2, 0) is 0 Å². The smallest absolute Gasteiger partial charge is 0.00925 e. The molecule has 0 radical (unpaired) electrons. The summed E-state index contributed by atoms with van der Waals surface area (Å²) in [6.45, 7) is 7.29. The Bertz CT molecular complexity index is 201. The minimum atomic E-state index is 0.481. The monoisotopic (exact) mass is 210 g/mol. The Morgan fingerprint density at radius 2 is 2.00 bits per heavy atom. The largest absolute Gasteiger partial charge is 0.327 e. The van der Waals surface area contributed by atoms with Gasteiger partial charge in [0.25, 0.3) is 0 Å². The van der Waals surface area contributed by atoms with Crippen LogP contribution in [0.1, 0.15) is 46.0 Å². The van der Waals surface area contributed by atoms with Gasteiger partial charge in [0.05, 0.1) is 0 Å². The number of rotatable bonds is 4. The molecule has 0 aromatic heterocycles. The Labute approximate surface area is 94.2 Å². The maximum Gasteiger partial charge on any atom is 0.00925 e. The quantitative estimate of drug-likeness (QED) is 0.771. The molecule has 2 N–H and O–H groups in total. The number of nitrogens with two attached hydrogens (primary N) is 1. The molecule has 1 aliphatic heterocycles. The van der Waals surface area contributed by atoms with Gasteiger partial charge in [0.1, 0.15) is 0 Å². The maximum absolute atomic E-state index is 6.15. The van der Waals surface area contributed by atoms with Crippen molar-refractivity contribution in [2.75, 3.05) is 13.1 Å². The second-order valence-electron chi connectivity index (χ2n) is 5.69. The third-order valence-corrected chi connectivity index (χ3v) is 4.48. The minimum Gasteiger partial charge on any atom is -0.327 e. The van der Waals surface area contributed by atoms with Crippen molar-refractivity contribution in [2.45, 2.75) is 58.0 Å². The van der Waals surface area contributed by atoms with Crippen LogP contribution >= 0.6 is 0 Å². The molecule has 2 fully saturated rings. The van der Waals surface area contributed by atoms with Crippen LogP contribution in [0.25, 0.3) is 0 Å². The van der Waals surface area contributed by atoms with Crippen LogP contribution in [0.15, 0.2) is 0 Å². The molecule has 1 heterocycles. The van der Waals surface area contributed by atoms with Crippen molar-refractivity contribution in [1.29, 1.82) is 0 Å². The van der Waals surface area contributed by atoms with Crippen LogP contribution in [0.5, 0.6) is 0 Å². The van der Waals surface area contributed by atoms with Crippen LogP contribution in [0.3, 0.4) is 0 Å². The molecule has 3 atom stereocenters. The molecule has 0 aromatic rings. The van der Waals surface area contributed by atoms with Crippen molar-refractivity contribution in [3.05, 3.63) is 0 Å². The van der Waals surface area contributed by atoms with E-state index in [1.165, 1.54) is 45.2 Å². The lowest BCUT2D eigenvalue weighted by molar-refractivity contribution is 0.109. The molecule has 0 amide bonds. The summed E-state index contributed by atoms with van der Waals surface area (Å²) in [5.74, 6) is 1.73. The van der Waals surface area contributed by atoms with E-state index in [9.17, 15) is 0 Å². The number of hydrogen-bond donors (Lipinski definition) is 1. The van der Waals surface area contributed by atoms with Crippen molar-refractivity contribution < 1.29 is 0 Å². The summed E-state index contributed by atoms with van der Waals surface area (Å²) >= 11 is 0. The Kier molecular flexibility index (Phi) is 3.68. The number of piperidine rings is 1. The van der Waals surface area contributed by atoms with Gasteiger partial charge >= 0.3 is 0 Å². The van der Waals surface area contributed by atoms with Crippen molar-refractivity contribution in [3.8, 4) is 0 Å². The molecule has 0 aromatic carbocycles. The number of nitrogens with zero attached hydrogens (tertiary/aromatic N) is 1. The van der Waals surface area contributed by atoms with Crippen molar-refractivity contribution in [2.24, 2.45) is 17.6 Å². The highest BCUT2D eigenvalue weighted by molar-refractivity contribution is 4.86. The number of hydrogen-bond acceptors (Lipinski definition) is 2. The lowest BCUT2D eigenvalue weighted by Crippen LogP contribution is -2.44. The summed E-state index contributed by atoms with van der Waals surface area (Å²) in [6, 6.07) is 1.25. The van der Waals surface area contributed by atoms with E-state index in [0.29, 0.717) is 6.04 Å². The van der Waals surface area contributed by atoms with Gasteiger partial charge in [-0.3, -0.25) is 0 Å². The first-order valence-corrected chi connectivity index (χ1v) is 6.68. The fraction of sp³-hybridized carbons (Fsp3) is 1.00. The molecule has 15 heavy (non-hydrogen) atoms. The van der Waals surface area contributed by atoms with E-state index in [1.807, 2.05) is 0 Å². The lowest BCUT2D eigenvalue weighted by atomic mass is 9.91. The van der Waals surface area contributed by atoms with Gasteiger partial charge in [0.2, 0.25) is 0 Å². The van der Waals surface area contributed by atoms with Crippen LogP contribution < -0.4 is 5.73 Å². The van der Waals surface area contributed by atoms with Gasteiger partial charge in [-0.1, -0.05) is 6.92 Å². The third kappa shape index (κ3) is 2.94. The fourth-order valence-corrected chi connectivity index (χ4v) is 2.81. The Morgan fingerprint density at radius 1 is 1.27 bits per heavy atom. The SMILES string of the molecule is CC1CCCN(CCC(N)C2CC2)C1C. The predicted octanol–water partition coefficient (Wildman–Crippen LogP) is 2.23. The Morgan fingerprint density at radius 3 is 2.67 bits per heavy atom. The van der Waals surface area contributed by atoms with Gasteiger partial charge in [-0.15, -0.1) is 0 Å². The van der Waals surface area contributed by atoms with E-state index in [4.69, 9.17) is 5.73 Å². The molecule has 2 nitrogen and oxygen atoms in total. The average molecular weight is 210 g/mol. The molecule has 0 spiro atoms. The molecular formula is C13H26N2. The van der Waals surface area contributed by atoms with E-state index in [0.717, 1.165) is 17.9 Å². The van der Waals surface area contributed by atoms with E-state index in [2.05, 4.69) is 18.7 Å². The molecule has 2 heteroatoms. The minimum absolute atomic E-state index is 0.481. The van der Waals surface area contributed by atoms with Crippen LogP contribution in [0, 0.1) is 11.8 Å². The third-order valence-electron chi connectivity index (χ3n) is 4.48. The molecule has 2 rings (SSSR count). The van der Waals surface area contributed by atoms with Gasteiger partial charge in [-0.25, -0.2) is 0 Å². The first kappa shape index (κ1) is 11.4. The highest BCUT2D eigenvalue weighted by Crippen LogP contribution is 2.33. The van der Waals surface area contributed by atoms with Gasteiger partial charge in [-0.2, -0.15) is 0 Å². The summed E-state index contributed by atoms with van der Waals surface area (Å²) < 4.78 is 0. The molecule has 1 saturated carbocycles. The van der Waals surface area contributed by atoms with Crippen LogP contribution in [-0.4, -0.2) is 30.1 Å². The zero-order valence-electron chi connectivity index (χ0n) is 10.3. The van der Waals surface area contributed by atoms with E-state index in [1.54, 1.807) is 0 Å². The highest BCUT2D eigenvalue weighted by atomic mass is 15.2. The zero-order chi connectivity index (χ0) is 10.8. The predicted molar refractivity (Wildman–Crippen MR) is 64.7 cm³/mol. The molecule has 1 saturated heterocycles. The number of likely N-dealkylation sites (tertiary alicyclic amines) is 1. The summed E-state index contributed by atoms with van der Waals surface area (Å²) in [6.07, 6.45) is 6.76.